The molecule has 2 aromatic carbocycles. The molecule has 1 aliphatic heterocycles. The third kappa shape index (κ3) is 4.61. The van der Waals surface area contributed by atoms with Gasteiger partial charge in [0.15, 0.2) is 0 Å². The molecule has 2 N–H and O–H groups in total. The van der Waals surface area contributed by atoms with E-state index in [0.29, 0.717) is 12.4 Å². The molecule has 0 spiro atoms. The number of alkyl halides is 3. The Bertz CT molecular complexity index is 760. The molecule has 0 saturated heterocycles. The van der Waals surface area contributed by atoms with Gasteiger partial charge < -0.3 is 10.6 Å². The molecule has 3 rings (SSSR count). The van der Waals surface area contributed by atoms with Crippen molar-refractivity contribution in [2.45, 2.75) is 30.5 Å². The second-order valence-corrected chi connectivity index (χ2v) is 7.39. The molecule has 1 aliphatic rings. The number of hydrogen-bond donors (Lipinski definition) is 2. The fourth-order valence-electron chi connectivity index (χ4n) is 2.74. The first-order valence-corrected chi connectivity index (χ1v) is 9.37. The Balaban J connectivity index is 1.42. The van der Waals surface area contributed by atoms with Crippen molar-refractivity contribution in [3.8, 4) is 0 Å². The lowest BCUT2D eigenvalue weighted by Crippen LogP contribution is -2.15. The summed E-state index contributed by atoms with van der Waals surface area (Å²) in [4.78, 5) is 0.871. The van der Waals surface area contributed by atoms with Gasteiger partial charge in [0, 0.05) is 6.54 Å². The topological polar surface area (TPSA) is 41.1 Å². The number of anilines is 1. The van der Waals surface area contributed by atoms with Gasteiger partial charge in [0.05, 0.1) is 32.8 Å². The predicted octanol–water partition coefficient (Wildman–Crippen LogP) is 3.92. The summed E-state index contributed by atoms with van der Waals surface area (Å²) in [5.41, 5.74) is 2.29. The van der Waals surface area contributed by atoms with Crippen LogP contribution in [0.5, 0.6) is 0 Å². The lowest BCUT2D eigenvalue weighted by Gasteiger charge is -2.09. The number of rotatable bonds is 6. The molecule has 1 heterocycles. The van der Waals surface area contributed by atoms with Gasteiger partial charge in [0.25, 0.3) is 0 Å². The molecule has 7 heteroatoms. The minimum Gasteiger partial charge on any atom is -0.372 e. The lowest BCUT2D eigenvalue weighted by molar-refractivity contribution is -0.137. The molecule has 0 fully saturated rings. The molecule has 2 aromatic rings. The second-order valence-electron chi connectivity index (χ2n) is 5.97. The third-order valence-electron chi connectivity index (χ3n) is 4.11. The van der Waals surface area contributed by atoms with E-state index in [1.54, 1.807) is 0 Å². The molecule has 1 unspecified atom stereocenters. The van der Waals surface area contributed by atoms with E-state index in [4.69, 9.17) is 0 Å². The van der Waals surface area contributed by atoms with Gasteiger partial charge in [-0.2, -0.15) is 13.2 Å². The molecule has 25 heavy (non-hydrogen) atoms. The Morgan fingerprint density at radius 3 is 2.52 bits per heavy atom. The summed E-state index contributed by atoms with van der Waals surface area (Å²) in [7, 11) is -0.957. The highest BCUT2D eigenvalue weighted by molar-refractivity contribution is 7.85. The van der Waals surface area contributed by atoms with Crippen LogP contribution in [-0.4, -0.2) is 16.6 Å². The van der Waals surface area contributed by atoms with Gasteiger partial charge in [0.1, 0.15) is 0 Å². The number of fused-ring (bicyclic) bond motifs is 1. The molecule has 3 nitrogen and oxygen atoms in total. The summed E-state index contributed by atoms with van der Waals surface area (Å²) in [5, 5.41) is 6.34. The highest BCUT2D eigenvalue weighted by Gasteiger charge is 2.29. The van der Waals surface area contributed by atoms with Gasteiger partial charge in [-0.3, -0.25) is 4.21 Å². The van der Waals surface area contributed by atoms with Crippen molar-refractivity contribution in [1.29, 1.82) is 0 Å². The van der Waals surface area contributed by atoms with Gasteiger partial charge >= 0.3 is 6.18 Å². The fourth-order valence-corrected chi connectivity index (χ4v) is 3.85. The first-order valence-electron chi connectivity index (χ1n) is 8.05. The molecule has 0 radical (unpaired) electrons. The zero-order valence-electron chi connectivity index (χ0n) is 13.5. The van der Waals surface area contributed by atoms with Crippen LogP contribution >= 0.6 is 0 Å². The fraction of sp³-hybridized carbons (Fsp3) is 0.333. The summed E-state index contributed by atoms with van der Waals surface area (Å²) in [5.74, 6) is 0.480. The Hall–Kier alpha value is -1.86. The van der Waals surface area contributed by atoms with Gasteiger partial charge in [-0.15, -0.1) is 0 Å². The van der Waals surface area contributed by atoms with Crippen molar-refractivity contribution >= 4 is 16.5 Å². The van der Waals surface area contributed by atoms with Crippen molar-refractivity contribution in [3.05, 3.63) is 59.2 Å². The van der Waals surface area contributed by atoms with Crippen molar-refractivity contribution in [2.75, 3.05) is 17.7 Å². The van der Waals surface area contributed by atoms with Crippen LogP contribution in [0.3, 0.4) is 0 Å². The summed E-state index contributed by atoms with van der Waals surface area (Å²) in [6.45, 7) is 1.30. The zero-order valence-corrected chi connectivity index (χ0v) is 14.3. The average molecular weight is 368 g/mol. The van der Waals surface area contributed by atoms with Crippen molar-refractivity contribution < 1.29 is 17.4 Å². The van der Waals surface area contributed by atoms with E-state index in [2.05, 4.69) is 10.6 Å². The van der Waals surface area contributed by atoms with E-state index in [-0.39, 0.29) is 0 Å². The normalized spacial score (nSPS) is 16.5. The van der Waals surface area contributed by atoms with E-state index in [0.717, 1.165) is 53.2 Å². The van der Waals surface area contributed by atoms with Crippen molar-refractivity contribution in [2.24, 2.45) is 0 Å². The number of benzene rings is 2. The summed E-state index contributed by atoms with van der Waals surface area (Å²) in [6.07, 6.45) is -2.52. The summed E-state index contributed by atoms with van der Waals surface area (Å²) in [6, 6.07) is 11.2. The van der Waals surface area contributed by atoms with E-state index < -0.39 is 22.5 Å². The molecular weight excluding hydrogens is 349 g/mol. The van der Waals surface area contributed by atoms with E-state index in [9.17, 15) is 17.4 Å². The quantitative estimate of drug-likeness (QED) is 0.760. The zero-order chi connectivity index (χ0) is 17.9. The molecule has 0 saturated carbocycles. The van der Waals surface area contributed by atoms with Crippen molar-refractivity contribution in [1.82, 2.24) is 5.32 Å². The minimum atomic E-state index is -4.29. The van der Waals surface area contributed by atoms with Crippen LogP contribution < -0.4 is 10.6 Å². The van der Waals surface area contributed by atoms with Crippen LogP contribution in [0.2, 0.25) is 0 Å². The maximum atomic E-state index is 12.5. The van der Waals surface area contributed by atoms with Gasteiger partial charge in [-0.25, -0.2) is 0 Å². The highest BCUT2D eigenvalue weighted by atomic mass is 32.2. The monoisotopic (exact) mass is 368 g/mol. The Morgan fingerprint density at radius 2 is 1.80 bits per heavy atom. The average Bonchev–Trinajstić information content (AvgIpc) is 2.95. The number of nitrogens with one attached hydrogen (secondary N) is 2. The second kappa shape index (κ2) is 7.58. The van der Waals surface area contributed by atoms with Crippen LogP contribution in [-0.2, 0) is 29.9 Å². The molecular formula is C18H19F3N2OS. The maximum absolute atomic E-state index is 12.5. The largest absolute Gasteiger partial charge is 0.416 e. The standard InChI is InChI=1S/C18H19F3N2OS/c19-18(20,21)15-6-3-14(4-7-15)11-22-9-1-2-13-5-8-16-17(10-13)25(24)12-23-16/h3-8,10,22-23H,1-2,9,11-12H2. The summed E-state index contributed by atoms with van der Waals surface area (Å²) >= 11 is 0. The van der Waals surface area contributed by atoms with Crippen LogP contribution in [0, 0.1) is 0 Å². The Morgan fingerprint density at radius 1 is 1.08 bits per heavy atom. The molecule has 0 bridgehead atoms. The Labute approximate surface area is 147 Å². The highest BCUT2D eigenvalue weighted by Crippen LogP contribution is 2.29. The maximum Gasteiger partial charge on any atom is 0.416 e. The van der Waals surface area contributed by atoms with Crippen molar-refractivity contribution in [3.63, 3.8) is 0 Å². The molecule has 0 aromatic heterocycles. The molecule has 134 valence electrons. The SMILES string of the molecule is O=S1CNc2ccc(CCCNCc3ccc(C(F)(F)F)cc3)cc21. The first-order chi connectivity index (χ1) is 11.9. The van der Waals surface area contributed by atoms with Gasteiger partial charge in [-0.1, -0.05) is 18.2 Å². The molecule has 0 aliphatic carbocycles. The summed E-state index contributed by atoms with van der Waals surface area (Å²) < 4.78 is 49.3. The minimum absolute atomic E-state index is 0.480. The third-order valence-corrected chi connectivity index (χ3v) is 5.35. The van der Waals surface area contributed by atoms with Crippen LogP contribution in [0.15, 0.2) is 47.4 Å². The van der Waals surface area contributed by atoms with Crippen LogP contribution in [0.25, 0.3) is 0 Å². The van der Waals surface area contributed by atoms with E-state index in [1.165, 1.54) is 12.1 Å². The smallest absolute Gasteiger partial charge is 0.372 e. The predicted molar refractivity (Wildman–Crippen MR) is 92.8 cm³/mol. The van der Waals surface area contributed by atoms with Crippen LogP contribution in [0.4, 0.5) is 18.9 Å². The first kappa shape index (κ1) is 17.9. The number of halogens is 3. The number of aryl methyl sites for hydroxylation is 1. The Kier molecular flexibility index (Phi) is 5.44. The van der Waals surface area contributed by atoms with E-state index >= 15 is 0 Å². The lowest BCUT2D eigenvalue weighted by atomic mass is 10.1. The molecule has 0 amide bonds. The van der Waals surface area contributed by atoms with E-state index in [1.807, 2.05) is 18.2 Å². The van der Waals surface area contributed by atoms with Gasteiger partial charge in [-0.05, 0) is 54.8 Å². The number of hydrogen-bond acceptors (Lipinski definition) is 3. The van der Waals surface area contributed by atoms with Crippen LogP contribution in [0.1, 0.15) is 23.1 Å². The van der Waals surface area contributed by atoms with Gasteiger partial charge in [0.2, 0.25) is 0 Å². The molecule has 1 atom stereocenters.